The van der Waals surface area contributed by atoms with Gasteiger partial charge in [-0.3, -0.25) is 0 Å². The molecule has 1 aromatic heterocycles. The molecule has 4 heteroatoms. The number of hydrogen-bond acceptors (Lipinski definition) is 1. The Morgan fingerprint density at radius 1 is 1.46 bits per heavy atom. The number of nitriles is 1. The van der Waals surface area contributed by atoms with Crippen molar-refractivity contribution in [1.82, 2.24) is 4.34 Å². The van der Waals surface area contributed by atoms with Crippen LogP contribution in [0, 0.1) is 17.4 Å². The summed E-state index contributed by atoms with van der Waals surface area (Å²) >= 11 is 0. The van der Waals surface area contributed by atoms with Crippen molar-refractivity contribution in [2.75, 3.05) is 0 Å². The molecule has 0 spiro atoms. The minimum absolute atomic E-state index is 0. The molecule has 1 unspecified atom stereocenters. The Bertz CT molecular complexity index is 470. The molecule has 1 radical (unpaired) electrons. The van der Waals surface area contributed by atoms with E-state index in [0.717, 1.165) is 10.9 Å². The second-order valence-electron chi connectivity index (χ2n) is 2.52. The molecular weight excluding hydrogens is 256 g/mol. The maximum atomic E-state index is 8.63. The molecule has 0 aliphatic heterocycles. The van der Waals surface area contributed by atoms with Gasteiger partial charge in [0.1, 0.15) is 0 Å². The van der Waals surface area contributed by atoms with Gasteiger partial charge in [0.05, 0.1) is 6.07 Å². The molecule has 0 bridgehead atoms. The van der Waals surface area contributed by atoms with Gasteiger partial charge in [0.2, 0.25) is 0 Å². The number of aromatic nitrogens is 1. The quantitative estimate of drug-likeness (QED) is 0.527. The zero-order chi connectivity index (χ0) is 8.55. The normalized spacial score (nSPS) is 9.23. The van der Waals surface area contributed by atoms with Gasteiger partial charge in [-0.1, -0.05) is 23.8 Å². The summed E-state index contributed by atoms with van der Waals surface area (Å²) in [6, 6.07) is 10.7. The maximum absolute atomic E-state index is 8.63. The molecule has 2 nitrogen and oxygen atoms in total. The summed E-state index contributed by atoms with van der Waals surface area (Å²) in [5.41, 5.74) is 1.74. The fourth-order valence-electron chi connectivity index (χ4n) is 1.15. The molecular formula is C9H6N2PY-. The molecule has 61 valence electrons. The Hall–Kier alpha value is -0.216. The number of nitrogens with zero attached hydrogens (tertiary/aromatic N) is 2. The SMILES string of the molecule is N#Cc1ccc2c([c-]cn2P)c1.[Y]. The van der Waals surface area contributed by atoms with E-state index in [-0.39, 0.29) is 32.7 Å². The summed E-state index contributed by atoms with van der Waals surface area (Å²) in [6.45, 7) is 0. The number of hydrogen-bond donors (Lipinski definition) is 0. The van der Waals surface area contributed by atoms with Crippen LogP contribution in [0.2, 0.25) is 0 Å². The number of rotatable bonds is 0. The van der Waals surface area contributed by atoms with Gasteiger partial charge in [0.25, 0.3) is 0 Å². The summed E-state index contributed by atoms with van der Waals surface area (Å²) in [5, 5.41) is 9.60. The first-order chi connectivity index (χ1) is 5.81. The summed E-state index contributed by atoms with van der Waals surface area (Å²) in [5.74, 6) is 0. The van der Waals surface area contributed by atoms with Crippen LogP contribution in [0.4, 0.5) is 0 Å². The van der Waals surface area contributed by atoms with Crippen molar-refractivity contribution in [2.24, 2.45) is 0 Å². The zero-order valence-electron chi connectivity index (χ0n) is 6.86. The first-order valence-electron chi connectivity index (χ1n) is 3.49. The molecule has 0 aliphatic rings. The van der Waals surface area contributed by atoms with E-state index in [2.05, 4.69) is 21.5 Å². The third-order valence-electron chi connectivity index (χ3n) is 1.76. The van der Waals surface area contributed by atoms with Crippen LogP contribution in [0.25, 0.3) is 10.9 Å². The molecule has 2 aromatic rings. The Balaban J connectivity index is 0.000000845. The summed E-state index contributed by atoms with van der Waals surface area (Å²) in [4.78, 5) is 0. The van der Waals surface area contributed by atoms with E-state index in [9.17, 15) is 0 Å². The van der Waals surface area contributed by atoms with Crippen molar-refractivity contribution >= 4 is 20.3 Å². The smallest absolute Gasteiger partial charge is 0.0856 e. The van der Waals surface area contributed by atoms with E-state index >= 15 is 0 Å². The molecule has 2 rings (SSSR count). The average molecular weight is 262 g/mol. The second kappa shape index (κ2) is 4.33. The molecule has 1 aromatic carbocycles. The van der Waals surface area contributed by atoms with Crippen LogP contribution in [0.5, 0.6) is 0 Å². The van der Waals surface area contributed by atoms with Crippen molar-refractivity contribution in [2.45, 2.75) is 0 Å². The minimum Gasteiger partial charge on any atom is -0.395 e. The monoisotopic (exact) mass is 262 g/mol. The topological polar surface area (TPSA) is 28.7 Å². The first-order valence-corrected chi connectivity index (χ1v) is 4.01. The summed E-state index contributed by atoms with van der Waals surface area (Å²) < 4.78 is 1.90. The molecule has 0 aliphatic carbocycles. The van der Waals surface area contributed by atoms with Gasteiger partial charge in [-0.15, -0.1) is 6.07 Å². The van der Waals surface area contributed by atoms with E-state index in [1.54, 1.807) is 6.07 Å². The van der Waals surface area contributed by atoms with Crippen molar-refractivity contribution in [3.8, 4) is 6.07 Å². The molecule has 13 heavy (non-hydrogen) atoms. The third kappa shape index (κ3) is 1.99. The van der Waals surface area contributed by atoms with Crippen LogP contribution in [-0.2, 0) is 32.7 Å². The molecule has 1 heterocycles. The van der Waals surface area contributed by atoms with Gasteiger partial charge < -0.3 is 4.34 Å². The maximum Gasteiger partial charge on any atom is 0.0856 e. The van der Waals surface area contributed by atoms with Crippen LogP contribution < -0.4 is 0 Å². The predicted molar refractivity (Wildman–Crippen MR) is 50.6 cm³/mol. The Kier molecular flexibility index (Phi) is 3.62. The third-order valence-corrected chi connectivity index (χ3v) is 2.19. The number of fused-ring (bicyclic) bond motifs is 1. The van der Waals surface area contributed by atoms with E-state index in [0.29, 0.717) is 5.56 Å². The van der Waals surface area contributed by atoms with Gasteiger partial charge in [0, 0.05) is 32.7 Å². The van der Waals surface area contributed by atoms with Crippen LogP contribution >= 0.6 is 9.39 Å². The van der Waals surface area contributed by atoms with Crippen molar-refractivity contribution in [3.05, 3.63) is 36.0 Å². The fraction of sp³-hybridized carbons (Fsp3) is 0. The molecule has 0 saturated carbocycles. The van der Waals surface area contributed by atoms with E-state index in [4.69, 9.17) is 5.26 Å². The molecule has 0 saturated heterocycles. The van der Waals surface area contributed by atoms with Crippen LogP contribution in [0.3, 0.4) is 0 Å². The average Bonchev–Trinajstić information content (AvgIpc) is 2.47. The van der Waals surface area contributed by atoms with Gasteiger partial charge in [-0.2, -0.15) is 16.7 Å². The summed E-state index contributed by atoms with van der Waals surface area (Å²) in [7, 11) is 2.56. The zero-order valence-corrected chi connectivity index (χ0v) is 10.9. The standard InChI is InChI=1S/C9H6N2P.Y/c10-6-7-1-2-9-8(5-7)3-4-11(9)12;/h1-2,4-5H,12H2;/q-1;. The van der Waals surface area contributed by atoms with Crippen molar-refractivity contribution < 1.29 is 32.7 Å². The Morgan fingerprint density at radius 3 is 2.92 bits per heavy atom. The van der Waals surface area contributed by atoms with E-state index in [1.807, 2.05) is 22.7 Å². The minimum atomic E-state index is 0. The molecule has 1 atom stereocenters. The van der Waals surface area contributed by atoms with E-state index < -0.39 is 0 Å². The summed E-state index contributed by atoms with van der Waals surface area (Å²) in [6.07, 6.45) is 1.83. The molecule has 0 amide bonds. The van der Waals surface area contributed by atoms with Gasteiger partial charge in [0.15, 0.2) is 0 Å². The van der Waals surface area contributed by atoms with Crippen LogP contribution in [0.15, 0.2) is 24.4 Å². The second-order valence-corrected chi connectivity index (χ2v) is 3.08. The van der Waals surface area contributed by atoms with Gasteiger partial charge in [-0.05, 0) is 15.0 Å². The largest absolute Gasteiger partial charge is 0.395 e. The van der Waals surface area contributed by atoms with Crippen LogP contribution in [-0.4, -0.2) is 4.34 Å². The van der Waals surface area contributed by atoms with Gasteiger partial charge in [-0.25, -0.2) is 0 Å². The predicted octanol–water partition coefficient (Wildman–Crippen LogP) is 1.95. The van der Waals surface area contributed by atoms with E-state index in [1.165, 1.54) is 0 Å². The first kappa shape index (κ1) is 10.9. The van der Waals surface area contributed by atoms with Gasteiger partial charge >= 0.3 is 0 Å². The molecule has 0 fully saturated rings. The van der Waals surface area contributed by atoms with Crippen molar-refractivity contribution in [1.29, 1.82) is 5.26 Å². The molecule has 0 N–H and O–H groups in total. The van der Waals surface area contributed by atoms with Crippen LogP contribution in [0.1, 0.15) is 5.56 Å². The number of benzene rings is 1. The van der Waals surface area contributed by atoms with Crippen molar-refractivity contribution in [3.63, 3.8) is 0 Å². The fourth-order valence-corrected chi connectivity index (χ4v) is 1.45. The Morgan fingerprint density at radius 2 is 2.23 bits per heavy atom. The Labute approximate surface area is 104 Å².